The molecule has 0 aliphatic carbocycles. The first-order valence-electron chi connectivity index (χ1n) is 4.03. The molecule has 4 nitrogen and oxygen atoms in total. The van der Waals surface area contributed by atoms with Gasteiger partial charge in [-0.2, -0.15) is 9.36 Å². The maximum atomic E-state index is 5.50. The van der Waals surface area contributed by atoms with Gasteiger partial charge in [-0.15, -0.1) is 0 Å². The molecular weight excluding hydrogens is 198 g/mol. The Balaban J connectivity index is 2.41. The summed E-state index contributed by atoms with van der Waals surface area (Å²) in [5.41, 5.74) is 6.41. The van der Waals surface area contributed by atoms with Crippen LogP contribution in [0.3, 0.4) is 0 Å². The molecule has 2 aromatic rings. The zero-order chi connectivity index (χ0) is 9.97. The average molecular weight is 207 g/mol. The topological polar surface area (TPSA) is 61.0 Å². The van der Waals surface area contributed by atoms with Crippen LogP contribution in [0.2, 0.25) is 0 Å². The van der Waals surface area contributed by atoms with Crippen LogP contribution in [-0.4, -0.2) is 16.5 Å². The molecule has 0 aliphatic heterocycles. The van der Waals surface area contributed by atoms with Crippen molar-refractivity contribution in [1.82, 2.24) is 9.36 Å². The standard InChI is InChI=1S/C9H9N3OS/c1-13-7-4-2-3-6(5-7)8-11-9(10)14-12-8/h2-5H,1H3,(H2,10,11,12). The van der Waals surface area contributed by atoms with Crippen molar-refractivity contribution in [2.45, 2.75) is 0 Å². The second-order valence-corrected chi connectivity index (χ2v) is 3.47. The van der Waals surface area contributed by atoms with E-state index in [1.54, 1.807) is 7.11 Å². The normalized spacial score (nSPS) is 10.1. The predicted molar refractivity (Wildman–Crippen MR) is 56.3 cm³/mol. The maximum absolute atomic E-state index is 5.50. The van der Waals surface area contributed by atoms with E-state index in [1.165, 1.54) is 11.5 Å². The first kappa shape index (κ1) is 8.96. The van der Waals surface area contributed by atoms with Gasteiger partial charge in [0.15, 0.2) is 11.0 Å². The van der Waals surface area contributed by atoms with Crippen molar-refractivity contribution in [3.05, 3.63) is 24.3 Å². The molecule has 1 heterocycles. The van der Waals surface area contributed by atoms with Gasteiger partial charge < -0.3 is 10.5 Å². The number of methoxy groups -OCH3 is 1. The lowest BCUT2D eigenvalue weighted by molar-refractivity contribution is 0.415. The number of ether oxygens (including phenoxy) is 1. The van der Waals surface area contributed by atoms with Gasteiger partial charge in [-0.25, -0.2) is 0 Å². The van der Waals surface area contributed by atoms with Crippen LogP contribution in [0.5, 0.6) is 5.75 Å². The van der Waals surface area contributed by atoms with Crippen LogP contribution in [0, 0.1) is 0 Å². The number of aromatic nitrogens is 2. The van der Waals surface area contributed by atoms with Crippen molar-refractivity contribution < 1.29 is 4.74 Å². The van der Waals surface area contributed by atoms with E-state index >= 15 is 0 Å². The SMILES string of the molecule is COc1cccc(-c2nsc(N)n2)c1. The fourth-order valence-corrected chi connectivity index (χ4v) is 1.57. The Bertz CT molecular complexity index is 441. The molecule has 0 fully saturated rings. The molecule has 0 radical (unpaired) electrons. The maximum Gasteiger partial charge on any atom is 0.200 e. The summed E-state index contributed by atoms with van der Waals surface area (Å²) in [7, 11) is 1.63. The molecule has 0 saturated heterocycles. The van der Waals surface area contributed by atoms with E-state index in [9.17, 15) is 0 Å². The van der Waals surface area contributed by atoms with E-state index in [2.05, 4.69) is 9.36 Å². The van der Waals surface area contributed by atoms with E-state index in [4.69, 9.17) is 10.5 Å². The van der Waals surface area contributed by atoms with E-state index in [-0.39, 0.29) is 0 Å². The molecular formula is C9H9N3OS. The Kier molecular flexibility index (Phi) is 2.32. The van der Waals surface area contributed by atoms with Gasteiger partial charge in [-0.3, -0.25) is 0 Å². The van der Waals surface area contributed by atoms with Crippen molar-refractivity contribution in [2.24, 2.45) is 0 Å². The van der Waals surface area contributed by atoms with Gasteiger partial charge >= 0.3 is 0 Å². The number of nitrogens with two attached hydrogens (primary N) is 1. The molecule has 5 heteroatoms. The lowest BCUT2D eigenvalue weighted by Crippen LogP contribution is -1.86. The summed E-state index contributed by atoms with van der Waals surface area (Å²) in [4.78, 5) is 4.09. The lowest BCUT2D eigenvalue weighted by atomic mass is 10.2. The number of hydrogen-bond donors (Lipinski definition) is 1. The molecule has 0 unspecified atom stereocenters. The van der Waals surface area contributed by atoms with Gasteiger partial charge in [0.1, 0.15) is 5.75 Å². The molecule has 1 aromatic heterocycles. The molecule has 0 bridgehead atoms. The Morgan fingerprint density at radius 3 is 2.93 bits per heavy atom. The minimum atomic E-state index is 0.475. The van der Waals surface area contributed by atoms with Crippen LogP contribution in [0.4, 0.5) is 5.13 Å². The predicted octanol–water partition coefficient (Wildman–Crippen LogP) is 1.80. The summed E-state index contributed by atoms with van der Waals surface area (Å²) in [5.74, 6) is 1.43. The highest BCUT2D eigenvalue weighted by molar-refractivity contribution is 7.09. The zero-order valence-corrected chi connectivity index (χ0v) is 8.41. The van der Waals surface area contributed by atoms with Gasteiger partial charge in [0.25, 0.3) is 0 Å². The Hall–Kier alpha value is -1.62. The first-order chi connectivity index (χ1) is 6.79. The molecule has 0 spiro atoms. The van der Waals surface area contributed by atoms with Crippen LogP contribution in [-0.2, 0) is 0 Å². The van der Waals surface area contributed by atoms with Crippen molar-refractivity contribution in [2.75, 3.05) is 12.8 Å². The Morgan fingerprint density at radius 1 is 1.43 bits per heavy atom. The van der Waals surface area contributed by atoms with E-state index in [0.717, 1.165) is 11.3 Å². The number of nitrogens with zero attached hydrogens (tertiary/aromatic N) is 2. The Labute approximate surface area is 85.5 Å². The summed E-state index contributed by atoms with van der Waals surface area (Å²) >= 11 is 1.19. The smallest absolute Gasteiger partial charge is 0.200 e. The summed E-state index contributed by atoms with van der Waals surface area (Å²) < 4.78 is 9.21. The number of hydrogen-bond acceptors (Lipinski definition) is 5. The highest BCUT2D eigenvalue weighted by Crippen LogP contribution is 2.22. The Morgan fingerprint density at radius 2 is 2.29 bits per heavy atom. The molecule has 2 N–H and O–H groups in total. The highest BCUT2D eigenvalue weighted by atomic mass is 32.1. The van der Waals surface area contributed by atoms with Gasteiger partial charge in [-0.1, -0.05) is 12.1 Å². The largest absolute Gasteiger partial charge is 0.497 e. The summed E-state index contributed by atoms with van der Waals surface area (Å²) in [6.45, 7) is 0. The van der Waals surface area contributed by atoms with Crippen molar-refractivity contribution >= 4 is 16.7 Å². The third-order valence-corrected chi connectivity index (χ3v) is 2.31. The minimum absolute atomic E-state index is 0.475. The molecule has 14 heavy (non-hydrogen) atoms. The van der Waals surface area contributed by atoms with Gasteiger partial charge in [0, 0.05) is 17.1 Å². The van der Waals surface area contributed by atoms with Crippen LogP contribution < -0.4 is 10.5 Å². The first-order valence-corrected chi connectivity index (χ1v) is 4.80. The molecule has 0 atom stereocenters. The average Bonchev–Trinajstić information content (AvgIpc) is 2.65. The fraction of sp³-hybridized carbons (Fsp3) is 0.111. The molecule has 0 saturated carbocycles. The fourth-order valence-electron chi connectivity index (χ4n) is 1.11. The number of anilines is 1. The zero-order valence-electron chi connectivity index (χ0n) is 7.60. The minimum Gasteiger partial charge on any atom is -0.497 e. The van der Waals surface area contributed by atoms with Gasteiger partial charge in [0.2, 0.25) is 0 Å². The van der Waals surface area contributed by atoms with Crippen LogP contribution in [0.25, 0.3) is 11.4 Å². The number of benzene rings is 1. The summed E-state index contributed by atoms with van der Waals surface area (Å²) in [5, 5.41) is 0.475. The monoisotopic (exact) mass is 207 g/mol. The summed E-state index contributed by atoms with van der Waals surface area (Å²) in [6, 6.07) is 7.57. The van der Waals surface area contributed by atoms with Crippen molar-refractivity contribution in [1.29, 1.82) is 0 Å². The molecule has 0 amide bonds. The second-order valence-electron chi connectivity index (χ2n) is 2.69. The molecule has 0 aliphatic rings. The number of rotatable bonds is 2. The van der Waals surface area contributed by atoms with Crippen molar-refractivity contribution in [3.63, 3.8) is 0 Å². The molecule has 72 valence electrons. The van der Waals surface area contributed by atoms with Crippen molar-refractivity contribution in [3.8, 4) is 17.1 Å². The third-order valence-electron chi connectivity index (χ3n) is 1.77. The third kappa shape index (κ3) is 1.67. The quantitative estimate of drug-likeness (QED) is 0.815. The lowest BCUT2D eigenvalue weighted by Gasteiger charge is -2.00. The second kappa shape index (κ2) is 3.63. The molecule has 2 rings (SSSR count). The number of nitrogen functional groups attached to an aromatic ring is 1. The van der Waals surface area contributed by atoms with Crippen LogP contribution in [0.15, 0.2) is 24.3 Å². The highest BCUT2D eigenvalue weighted by Gasteiger charge is 2.04. The molecule has 1 aromatic carbocycles. The summed E-state index contributed by atoms with van der Waals surface area (Å²) in [6.07, 6.45) is 0. The van der Waals surface area contributed by atoms with Crippen LogP contribution in [0.1, 0.15) is 0 Å². The van der Waals surface area contributed by atoms with E-state index in [1.807, 2.05) is 24.3 Å². The van der Waals surface area contributed by atoms with Gasteiger partial charge in [-0.05, 0) is 12.1 Å². The van der Waals surface area contributed by atoms with E-state index in [0.29, 0.717) is 11.0 Å². The van der Waals surface area contributed by atoms with E-state index < -0.39 is 0 Å². The van der Waals surface area contributed by atoms with Gasteiger partial charge in [0.05, 0.1) is 7.11 Å². The van der Waals surface area contributed by atoms with Crippen LogP contribution >= 0.6 is 11.5 Å².